The standard InChI is InChI=1S/C13H23N5.HI/c1-9(2)8-16-13(14)15-7-6-12-10(3)17-18(5)11(12)4;/h1,6-8H2,2-5H3,(H3,14,15,16);1H. The molecule has 0 aliphatic heterocycles. The molecule has 0 amide bonds. The molecule has 1 rings (SSSR count). The number of hydrogen-bond acceptors (Lipinski definition) is 2. The van der Waals surface area contributed by atoms with Gasteiger partial charge in [-0.15, -0.1) is 24.0 Å². The molecule has 0 fully saturated rings. The van der Waals surface area contributed by atoms with E-state index in [1.54, 1.807) is 0 Å². The Morgan fingerprint density at radius 2 is 2.11 bits per heavy atom. The molecule has 19 heavy (non-hydrogen) atoms. The van der Waals surface area contributed by atoms with E-state index in [0.29, 0.717) is 12.5 Å². The van der Waals surface area contributed by atoms with Gasteiger partial charge in [-0.1, -0.05) is 12.2 Å². The summed E-state index contributed by atoms with van der Waals surface area (Å²) < 4.78 is 1.91. The van der Waals surface area contributed by atoms with Crippen molar-refractivity contribution in [3.05, 3.63) is 29.1 Å². The van der Waals surface area contributed by atoms with E-state index < -0.39 is 0 Å². The fourth-order valence-corrected chi connectivity index (χ4v) is 1.77. The molecule has 0 saturated heterocycles. The van der Waals surface area contributed by atoms with Gasteiger partial charge in [0, 0.05) is 19.3 Å². The summed E-state index contributed by atoms with van der Waals surface area (Å²) in [5.41, 5.74) is 10.3. The van der Waals surface area contributed by atoms with E-state index in [1.165, 1.54) is 11.3 Å². The van der Waals surface area contributed by atoms with Crippen LogP contribution in [-0.4, -0.2) is 28.8 Å². The number of nitrogens with zero attached hydrogens (tertiary/aromatic N) is 3. The van der Waals surface area contributed by atoms with Gasteiger partial charge in [-0.3, -0.25) is 4.68 Å². The lowest BCUT2D eigenvalue weighted by Crippen LogP contribution is -2.33. The van der Waals surface area contributed by atoms with Gasteiger partial charge in [0.15, 0.2) is 5.96 Å². The van der Waals surface area contributed by atoms with Crippen LogP contribution in [0.3, 0.4) is 0 Å². The van der Waals surface area contributed by atoms with Crippen molar-refractivity contribution in [1.29, 1.82) is 0 Å². The van der Waals surface area contributed by atoms with Crippen LogP contribution in [0, 0.1) is 13.8 Å². The summed E-state index contributed by atoms with van der Waals surface area (Å²) in [6.45, 7) is 11.2. The van der Waals surface area contributed by atoms with Crippen LogP contribution in [0.1, 0.15) is 23.9 Å². The van der Waals surface area contributed by atoms with Crippen molar-refractivity contribution in [2.45, 2.75) is 27.2 Å². The molecule has 0 bridgehead atoms. The molecular weight excluding hydrogens is 353 g/mol. The Balaban J connectivity index is 0.00000324. The number of nitrogens with one attached hydrogen (secondary N) is 1. The van der Waals surface area contributed by atoms with E-state index in [9.17, 15) is 0 Å². The third-order valence-electron chi connectivity index (χ3n) is 2.86. The van der Waals surface area contributed by atoms with Crippen molar-refractivity contribution >= 4 is 29.9 Å². The summed E-state index contributed by atoms with van der Waals surface area (Å²) in [5.74, 6) is 0.470. The number of nitrogens with two attached hydrogens (primary N) is 1. The molecule has 1 aromatic heterocycles. The normalized spacial score (nSPS) is 11.1. The fraction of sp³-hybridized carbons (Fsp3) is 0.538. The highest BCUT2D eigenvalue weighted by atomic mass is 127. The van der Waals surface area contributed by atoms with Crippen molar-refractivity contribution in [3.8, 4) is 0 Å². The Bertz CT molecular complexity index is 462. The summed E-state index contributed by atoms with van der Waals surface area (Å²) in [6, 6.07) is 0. The highest BCUT2D eigenvalue weighted by molar-refractivity contribution is 14.0. The van der Waals surface area contributed by atoms with Gasteiger partial charge in [-0.2, -0.15) is 5.10 Å². The molecule has 0 aliphatic carbocycles. The fourth-order valence-electron chi connectivity index (χ4n) is 1.77. The lowest BCUT2D eigenvalue weighted by molar-refractivity contribution is 0.729. The molecule has 0 spiro atoms. The zero-order valence-corrected chi connectivity index (χ0v) is 14.5. The molecule has 1 aromatic rings. The lowest BCUT2D eigenvalue weighted by Gasteiger charge is -2.06. The van der Waals surface area contributed by atoms with Crippen LogP contribution >= 0.6 is 24.0 Å². The molecule has 0 atom stereocenters. The summed E-state index contributed by atoms with van der Waals surface area (Å²) in [5, 5.41) is 7.48. The maximum Gasteiger partial charge on any atom is 0.188 e. The van der Waals surface area contributed by atoms with Gasteiger partial charge in [0.2, 0.25) is 0 Å². The van der Waals surface area contributed by atoms with Crippen LogP contribution in [0.15, 0.2) is 17.1 Å². The number of hydrogen-bond donors (Lipinski definition) is 2. The summed E-state index contributed by atoms with van der Waals surface area (Å²) in [7, 11) is 1.96. The van der Waals surface area contributed by atoms with Crippen LogP contribution in [-0.2, 0) is 13.5 Å². The molecular formula is C13H24IN5. The minimum atomic E-state index is 0. The first kappa shape index (κ1) is 17.9. The topological polar surface area (TPSA) is 68.2 Å². The number of aliphatic imine (C=N–C) groups is 1. The van der Waals surface area contributed by atoms with E-state index in [4.69, 9.17) is 5.73 Å². The highest BCUT2D eigenvalue weighted by Gasteiger charge is 2.08. The van der Waals surface area contributed by atoms with Crippen LogP contribution in [0.2, 0.25) is 0 Å². The van der Waals surface area contributed by atoms with Crippen LogP contribution < -0.4 is 11.1 Å². The Morgan fingerprint density at radius 3 is 2.58 bits per heavy atom. The van der Waals surface area contributed by atoms with Gasteiger partial charge in [0.25, 0.3) is 0 Å². The van der Waals surface area contributed by atoms with E-state index in [-0.39, 0.29) is 24.0 Å². The van der Waals surface area contributed by atoms with Crippen molar-refractivity contribution in [1.82, 2.24) is 15.1 Å². The minimum Gasteiger partial charge on any atom is -0.370 e. The van der Waals surface area contributed by atoms with E-state index in [1.807, 2.05) is 25.6 Å². The van der Waals surface area contributed by atoms with Crippen molar-refractivity contribution in [2.24, 2.45) is 17.8 Å². The van der Waals surface area contributed by atoms with Gasteiger partial charge in [-0.25, -0.2) is 4.99 Å². The first-order valence-electron chi connectivity index (χ1n) is 6.09. The summed E-state index contributed by atoms with van der Waals surface area (Å²) in [4.78, 5) is 4.17. The second kappa shape index (κ2) is 8.19. The molecule has 6 heteroatoms. The molecule has 0 saturated carbocycles. The van der Waals surface area contributed by atoms with Gasteiger partial charge in [0.05, 0.1) is 12.2 Å². The molecule has 0 radical (unpaired) electrons. The zero-order valence-electron chi connectivity index (χ0n) is 12.2. The largest absolute Gasteiger partial charge is 0.370 e. The number of halogens is 1. The molecule has 108 valence electrons. The second-order valence-electron chi connectivity index (χ2n) is 4.61. The van der Waals surface area contributed by atoms with Crippen LogP contribution in [0.25, 0.3) is 0 Å². The highest BCUT2D eigenvalue weighted by Crippen LogP contribution is 2.11. The van der Waals surface area contributed by atoms with Gasteiger partial charge < -0.3 is 11.1 Å². The van der Waals surface area contributed by atoms with Crippen molar-refractivity contribution < 1.29 is 0 Å². The monoisotopic (exact) mass is 377 g/mol. The number of guanidine groups is 1. The zero-order chi connectivity index (χ0) is 13.7. The summed E-state index contributed by atoms with van der Waals surface area (Å²) in [6.07, 6.45) is 0.898. The number of rotatable bonds is 5. The Hall–Kier alpha value is -1.05. The maximum absolute atomic E-state index is 5.74. The third-order valence-corrected chi connectivity index (χ3v) is 2.86. The predicted octanol–water partition coefficient (Wildman–Crippen LogP) is 1.68. The quantitative estimate of drug-likeness (QED) is 0.355. The minimum absolute atomic E-state index is 0. The second-order valence-corrected chi connectivity index (χ2v) is 4.61. The van der Waals surface area contributed by atoms with E-state index in [2.05, 4.69) is 28.9 Å². The van der Waals surface area contributed by atoms with Crippen molar-refractivity contribution in [3.63, 3.8) is 0 Å². The maximum atomic E-state index is 5.74. The average Bonchev–Trinajstić information content (AvgIpc) is 2.53. The third kappa shape index (κ3) is 5.63. The first-order chi connectivity index (χ1) is 8.41. The van der Waals surface area contributed by atoms with Crippen LogP contribution in [0.5, 0.6) is 0 Å². The molecule has 0 aliphatic rings. The van der Waals surface area contributed by atoms with Gasteiger partial charge in [0.1, 0.15) is 0 Å². The van der Waals surface area contributed by atoms with Gasteiger partial charge >= 0.3 is 0 Å². The van der Waals surface area contributed by atoms with Crippen molar-refractivity contribution in [2.75, 3.05) is 13.1 Å². The van der Waals surface area contributed by atoms with Gasteiger partial charge in [-0.05, 0) is 32.8 Å². The molecule has 1 heterocycles. The predicted molar refractivity (Wildman–Crippen MR) is 91.1 cm³/mol. The molecule has 0 aromatic carbocycles. The molecule has 5 nitrogen and oxygen atoms in total. The SMILES string of the molecule is C=C(C)CN=C(N)NCCc1c(C)nn(C)c1C.I. The number of aromatic nitrogens is 2. The van der Waals surface area contributed by atoms with E-state index in [0.717, 1.165) is 24.2 Å². The lowest BCUT2D eigenvalue weighted by atomic mass is 10.1. The average molecular weight is 377 g/mol. The molecule has 3 N–H and O–H groups in total. The Labute approximate surface area is 132 Å². The molecule has 0 unspecified atom stereocenters. The first-order valence-corrected chi connectivity index (χ1v) is 6.09. The smallest absolute Gasteiger partial charge is 0.188 e. The number of aryl methyl sites for hydroxylation is 2. The van der Waals surface area contributed by atoms with Crippen LogP contribution in [0.4, 0.5) is 0 Å². The summed E-state index contributed by atoms with van der Waals surface area (Å²) >= 11 is 0. The van der Waals surface area contributed by atoms with E-state index >= 15 is 0 Å². The Morgan fingerprint density at radius 1 is 1.47 bits per heavy atom. The Kier molecular flexibility index (Phi) is 7.73.